The number of ether oxygens (including phenoxy) is 1. The van der Waals surface area contributed by atoms with Crippen molar-refractivity contribution in [1.82, 2.24) is 4.90 Å². The second kappa shape index (κ2) is 8.56. The van der Waals surface area contributed by atoms with E-state index in [0.29, 0.717) is 23.7 Å². The second-order valence-corrected chi connectivity index (χ2v) is 6.64. The zero-order valence-corrected chi connectivity index (χ0v) is 14.9. The second-order valence-electron chi connectivity index (χ2n) is 6.64. The van der Waals surface area contributed by atoms with E-state index in [4.69, 9.17) is 9.15 Å². The Hall–Kier alpha value is -2.76. The van der Waals surface area contributed by atoms with Crippen molar-refractivity contribution in [2.75, 3.05) is 25.0 Å². The van der Waals surface area contributed by atoms with Crippen LogP contribution in [-0.2, 0) is 16.1 Å². The molecule has 0 bridgehead atoms. The molecule has 2 aromatic rings. The SMILES string of the molecule is CC1CCCN(C(=O)COC(=O)c2ccccc2NCc2ccco2)C1. The molecule has 1 aromatic heterocycles. The van der Waals surface area contributed by atoms with Gasteiger partial charge in [0.2, 0.25) is 0 Å². The average Bonchev–Trinajstić information content (AvgIpc) is 3.18. The Bertz CT molecular complexity index is 742. The molecule has 1 unspecified atom stereocenters. The summed E-state index contributed by atoms with van der Waals surface area (Å²) in [4.78, 5) is 26.5. The van der Waals surface area contributed by atoms with Crippen LogP contribution in [-0.4, -0.2) is 36.5 Å². The lowest BCUT2D eigenvalue weighted by Crippen LogP contribution is -2.41. The number of likely N-dealkylation sites (tertiary alicyclic amines) is 1. The first-order valence-electron chi connectivity index (χ1n) is 8.93. The van der Waals surface area contributed by atoms with E-state index in [1.807, 2.05) is 18.2 Å². The van der Waals surface area contributed by atoms with Crippen LogP contribution in [0.5, 0.6) is 0 Å². The summed E-state index contributed by atoms with van der Waals surface area (Å²) in [5.41, 5.74) is 1.05. The predicted molar refractivity (Wildman–Crippen MR) is 97.7 cm³/mol. The molecule has 3 rings (SSSR count). The van der Waals surface area contributed by atoms with Gasteiger partial charge in [-0.25, -0.2) is 4.79 Å². The third-order valence-corrected chi connectivity index (χ3v) is 4.52. The lowest BCUT2D eigenvalue weighted by Gasteiger charge is -2.30. The molecule has 0 saturated carbocycles. The molecule has 1 fully saturated rings. The Morgan fingerprint density at radius 3 is 2.88 bits per heavy atom. The van der Waals surface area contributed by atoms with Crippen molar-refractivity contribution in [2.24, 2.45) is 5.92 Å². The number of para-hydroxylation sites is 1. The molecular formula is C20H24N2O4. The number of hydrogen-bond donors (Lipinski definition) is 1. The van der Waals surface area contributed by atoms with Gasteiger partial charge in [0, 0.05) is 18.8 Å². The summed E-state index contributed by atoms with van der Waals surface area (Å²) >= 11 is 0. The van der Waals surface area contributed by atoms with Crippen LogP contribution in [0, 0.1) is 5.92 Å². The topological polar surface area (TPSA) is 71.8 Å². The molecule has 1 N–H and O–H groups in total. The molecule has 1 atom stereocenters. The Labute approximate surface area is 153 Å². The number of nitrogens with zero attached hydrogens (tertiary/aromatic N) is 1. The van der Waals surface area contributed by atoms with E-state index in [1.165, 1.54) is 0 Å². The van der Waals surface area contributed by atoms with Crippen molar-refractivity contribution in [1.29, 1.82) is 0 Å². The zero-order valence-electron chi connectivity index (χ0n) is 14.9. The van der Waals surface area contributed by atoms with Gasteiger partial charge in [0.05, 0.1) is 18.4 Å². The van der Waals surface area contributed by atoms with Gasteiger partial charge in [-0.1, -0.05) is 19.1 Å². The number of hydrogen-bond acceptors (Lipinski definition) is 5. The van der Waals surface area contributed by atoms with Crippen LogP contribution in [0.1, 0.15) is 35.9 Å². The first kappa shape index (κ1) is 18.0. The standard InChI is InChI=1S/C20H24N2O4/c1-15-6-4-10-22(13-15)19(23)14-26-20(24)17-8-2-3-9-18(17)21-12-16-7-5-11-25-16/h2-3,5,7-9,11,15,21H,4,6,10,12-14H2,1H3. The normalized spacial score (nSPS) is 17.0. The maximum Gasteiger partial charge on any atom is 0.340 e. The maximum absolute atomic E-state index is 12.4. The Balaban J connectivity index is 1.56. The van der Waals surface area contributed by atoms with E-state index >= 15 is 0 Å². The van der Waals surface area contributed by atoms with Crippen molar-refractivity contribution in [2.45, 2.75) is 26.3 Å². The van der Waals surface area contributed by atoms with Crippen LogP contribution >= 0.6 is 0 Å². The van der Waals surface area contributed by atoms with Crippen molar-refractivity contribution in [3.05, 3.63) is 54.0 Å². The predicted octanol–water partition coefficient (Wildman–Crippen LogP) is 3.31. The fraction of sp³-hybridized carbons (Fsp3) is 0.400. The molecular weight excluding hydrogens is 332 g/mol. The molecule has 1 saturated heterocycles. The molecule has 0 spiro atoms. The molecule has 1 aromatic carbocycles. The van der Waals surface area contributed by atoms with Crippen LogP contribution < -0.4 is 5.32 Å². The van der Waals surface area contributed by atoms with Gasteiger partial charge >= 0.3 is 5.97 Å². The molecule has 26 heavy (non-hydrogen) atoms. The lowest BCUT2D eigenvalue weighted by atomic mass is 10.0. The van der Waals surface area contributed by atoms with E-state index in [-0.39, 0.29) is 12.5 Å². The van der Waals surface area contributed by atoms with Gasteiger partial charge in [0.25, 0.3) is 5.91 Å². The fourth-order valence-electron chi connectivity index (χ4n) is 3.12. The minimum Gasteiger partial charge on any atom is -0.467 e. The molecule has 1 aliphatic heterocycles. The third-order valence-electron chi connectivity index (χ3n) is 4.52. The number of nitrogens with one attached hydrogen (secondary N) is 1. The van der Waals surface area contributed by atoms with Gasteiger partial charge in [-0.2, -0.15) is 0 Å². The number of carbonyl (C=O) groups is 2. The lowest BCUT2D eigenvalue weighted by molar-refractivity contribution is -0.136. The van der Waals surface area contributed by atoms with Crippen molar-refractivity contribution < 1.29 is 18.7 Å². The number of furan rings is 1. The minimum atomic E-state index is -0.508. The number of benzene rings is 1. The number of anilines is 1. The van der Waals surface area contributed by atoms with Gasteiger partial charge in [-0.15, -0.1) is 0 Å². The van der Waals surface area contributed by atoms with Crippen molar-refractivity contribution in [3.63, 3.8) is 0 Å². The van der Waals surface area contributed by atoms with Crippen LogP contribution in [0.3, 0.4) is 0 Å². The smallest absolute Gasteiger partial charge is 0.340 e. The number of amides is 1. The molecule has 1 aliphatic rings. The van der Waals surface area contributed by atoms with E-state index < -0.39 is 5.97 Å². The minimum absolute atomic E-state index is 0.133. The fourth-order valence-corrected chi connectivity index (χ4v) is 3.12. The zero-order chi connectivity index (χ0) is 18.4. The van der Waals surface area contributed by atoms with Crippen LogP contribution in [0.15, 0.2) is 47.1 Å². The van der Waals surface area contributed by atoms with Crippen molar-refractivity contribution >= 4 is 17.6 Å². The van der Waals surface area contributed by atoms with Crippen LogP contribution in [0.25, 0.3) is 0 Å². The van der Waals surface area contributed by atoms with Crippen molar-refractivity contribution in [3.8, 4) is 0 Å². The number of rotatable bonds is 6. The number of piperidine rings is 1. The maximum atomic E-state index is 12.4. The summed E-state index contributed by atoms with van der Waals surface area (Å²) in [6, 6.07) is 10.7. The summed E-state index contributed by atoms with van der Waals surface area (Å²) in [5, 5.41) is 3.16. The average molecular weight is 356 g/mol. The van der Waals surface area contributed by atoms with E-state index in [1.54, 1.807) is 29.4 Å². The highest BCUT2D eigenvalue weighted by atomic mass is 16.5. The molecule has 0 aliphatic carbocycles. The highest BCUT2D eigenvalue weighted by molar-refractivity contribution is 5.96. The highest BCUT2D eigenvalue weighted by Crippen LogP contribution is 2.18. The Morgan fingerprint density at radius 2 is 2.12 bits per heavy atom. The van der Waals surface area contributed by atoms with Gasteiger partial charge < -0.3 is 19.4 Å². The summed E-state index contributed by atoms with van der Waals surface area (Å²) in [6.07, 6.45) is 3.74. The van der Waals surface area contributed by atoms with Crippen LogP contribution in [0.4, 0.5) is 5.69 Å². The Kier molecular flexibility index (Phi) is 5.94. The van der Waals surface area contributed by atoms with Gasteiger partial charge in [0.1, 0.15) is 5.76 Å². The summed E-state index contributed by atoms with van der Waals surface area (Å²) in [6.45, 7) is 3.84. The van der Waals surface area contributed by atoms with Crippen LogP contribution in [0.2, 0.25) is 0 Å². The Morgan fingerprint density at radius 1 is 1.27 bits per heavy atom. The summed E-state index contributed by atoms with van der Waals surface area (Å²) in [7, 11) is 0. The highest BCUT2D eigenvalue weighted by Gasteiger charge is 2.22. The first-order valence-corrected chi connectivity index (χ1v) is 8.93. The number of carbonyl (C=O) groups excluding carboxylic acids is 2. The largest absolute Gasteiger partial charge is 0.467 e. The molecule has 6 nitrogen and oxygen atoms in total. The molecule has 2 heterocycles. The summed E-state index contributed by atoms with van der Waals surface area (Å²) in [5.74, 6) is 0.620. The quantitative estimate of drug-likeness (QED) is 0.804. The molecule has 6 heteroatoms. The third kappa shape index (κ3) is 4.65. The molecule has 1 amide bonds. The summed E-state index contributed by atoms with van der Waals surface area (Å²) < 4.78 is 10.5. The monoisotopic (exact) mass is 356 g/mol. The van der Waals surface area contributed by atoms with Gasteiger partial charge in [-0.3, -0.25) is 4.79 Å². The van der Waals surface area contributed by atoms with E-state index in [0.717, 1.165) is 31.7 Å². The van der Waals surface area contributed by atoms with Gasteiger partial charge in [-0.05, 0) is 43.0 Å². The molecule has 0 radical (unpaired) electrons. The first-order chi connectivity index (χ1) is 12.6. The molecule has 138 valence electrons. The van der Waals surface area contributed by atoms with E-state index in [2.05, 4.69) is 12.2 Å². The number of esters is 1. The van der Waals surface area contributed by atoms with E-state index in [9.17, 15) is 9.59 Å². The van der Waals surface area contributed by atoms with Gasteiger partial charge in [0.15, 0.2) is 6.61 Å².